The minimum absolute atomic E-state index is 0.0272. The van der Waals surface area contributed by atoms with E-state index in [-0.39, 0.29) is 5.91 Å². The number of nitrogens with one attached hydrogen (secondary N) is 2. The highest BCUT2D eigenvalue weighted by Gasteiger charge is 2.12. The number of thioether (sulfide) groups is 1. The molecule has 0 radical (unpaired) electrons. The van der Waals surface area contributed by atoms with Crippen LogP contribution in [-0.4, -0.2) is 38.3 Å². The molecule has 18 heavy (non-hydrogen) atoms. The van der Waals surface area contributed by atoms with E-state index in [2.05, 4.69) is 20.5 Å². The molecule has 0 fully saturated rings. The molecule has 0 atom stereocenters. The zero-order chi connectivity index (χ0) is 12.5. The summed E-state index contributed by atoms with van der Waals surface area (Å²) >= 11 is 1.38. The number of hydrogen-bond acceptors (Lipinski definition) is 4. The number of aromatic nitrogens is 4. The third-order valence-corrected chi connectivity index (χ3v) is 3.55. The van der Waals surface area contributed by atoms with Crippen molar-refractivity contribution in [2.45, 2.75) is 5.16 Å². The molecule has 0 aliphatic heterocycles. The topological polar surface area (TPSA) is 75.1 Å². The van der Waals surface area contributed by atoms with Gasteiger partial charge in [-0.05, 0) is 12.1 Å². The molecule has 2 N–H and O–H groups in total. The molecule has 6 nitrogen and oxygen atoms in total. The van der Waals surface area contributed by atoms with Crippen LogP contribution in [0.2, 0.25) is 0 Å². The first-order valence-electron chi connectivity index (χ1n) is 5.44. The van der Waals surface area contributed by atoms with Gasteiger partial charge < -0.3 is 5.32 Å². The number of H-pyrrole nitrogens is 1. The SMILES string of the molecule is CNC(=O)CSc1n[nH]c2nc3ccccc3n12. The Balaban J connectivity index is 2.04. The van der Waals surface area contributed by atoms with Crippen LogP contribution in [0, 0.1) is 0 Å². The lowest BCUT2D eigenvalue weighted by molar-refractivity contribution is -0.118. The third-order valence-electron chi connectivity index (χ3n) is 2.61. The standard InChI is InChI=1S/C11H11N5OS/c1-12-9(17)6-18-11-15-14-10-13-7-4-2-3-5-8(7)16(10)11/h2-5H,6H2,1H3,(H,12,17)(H,13,14). The molecule has 3 rings (SSSR count). The molecule has 2 heterocycles. The highest BCUT2D eigenvalue weighted by Crippen LogP contribution is 2.22. The van der Waals surface area contributed by atoms with Gasteiger partial charge in [0.15, 0.2) is 5.16 Å². The van der Waals surface area contributed by atoms with Crippen molar-refractivity contribution >= 4 is 34.5 Å². The summed E-state index contributed by atoms with van der Waals surface area (Å²) in [6, 6.07) is 7.83. The van der Waals surface area contributed by atoms with Crippen LogP contribution in [0.15, 0.2) is 29.4 Å². The van der Waals surface area contributed by atoms with Gasteiger partial charge in [0.1, 0.15) is 0 Å². The fourth-order valence-electron chi connectivity index (χ4n) is 1.74. The molecule has 0 bridgehead atoms. The molecule has 0 spiro atoms. The summed E-state index contributed by atoms with van der Waals surface area (Å²) < 4.78 is 1.92. The van der Waals surface area contributed by atoms with Gasteiger partial charge >= 0.3 is 0 Å². The second kappa shape index (κ2) is 4.34. The first-order valence-corrected chi connectivity index (χ1v) is 6.43. The Morgan fingerprint density at radius 2 is 2.33 bits per heavy atom. The summed E-state index contributed by atoms with van der Waals surface area (Å²) in [5.74, 6) is 0.999. The number of fused-ring (bicyclic) bond motifs is 3. The average Bonchev–Trinajstić information content (AvgIpc) is 2.94. The number of hydrogen-bond donors (Lipinski definition) is 2. The van der Waals surface area contributed by atoms with Crippen LogP contribution in [0.3, 0.4) is 0 Å². The van der Waals surface area contributed by atoms with Crippen molar-refractivity contribution in [3.63, 3.8) is 0 Å². The Morgan fingerprint density at radius 3 is 3.17 bits per heavy atom. The average molecular weight is 261 g/mol. The van der Waals surface area contributed by atoms with Gasteiger partial charge in [0.05, 0.1) is 16.8 Å². The fraction of sp³-hybridized carbons (Fsp3) is 0.182. The van der Waals surface area contributed by atoms with Crippen LogP contribution in [0.5, 0.6) is 0 Å². The number of para-hydroxylation sites is 2. The first-order chi connectivity index (χ1) is 8.79. The van der Waals surface area contributed by atoms with Gasteiger partial charge in [0.2, 0.25) is 11.7 Å². The number of aromatic amines is 1. The van der Waals surface area contributed by atoms with Crippen LogP contribution in [-0.2, 0) is 4.79 Å². The molecule has 0 aliphatic rings. The van der Waals surface area contributed by atoms with Gasteiger partial charge in [-0.3, -0.25) is 9.20 Å². The summed E-state index contributed by atoms with van der Waals surface area (Å²) in [6.45, 7) is 0. The largest absolute Gasteiger partial charge is 0.358 e. The van der Waals surface area contributed by atoms with E-state index in [1.807, 2.05) is 28.7 Å². The van der Waals surface area contributed by atoms with Crippen molar-refractivity contribution in [2.75, 3.05) is 12.8 Å². The summed E-state index contributed by atoms with van der Waals surface area (Å²) in [4.78, 5) is 15.7. The Morgan fingerprint density at radius 1 is 1.50 bits per heavy atom. The van der Waals surface area contributed by atoms with Gasteiger partial charge in [-0.15, -0.1) is 5.10 Å². The van der Waals surface area contributed by atoms with Gasteiger partial charge in [-0.1, -0.05) is 23.9 Å². The molecule has 92 valence electrons. The Labute approximate surface area is 107 Å². The maximum atomic E-state index is 11.3. The maximum Gasteiger partial charge on any atom is 0.231 e. The third kappa shape index (κ3) is 1.72. The quantitative estimate of drug-likeness (QED) is 0.691. The summed E-state index contributed by atoms with van der Waals surface area (Å²) in [7, 11) is 1.62. The molecule has 0 aliphatic carbocycles. The van der Waals surface area contributed by atoms with Gasteiger partial charge in [0, 0.05) is 7.05 Å². The number of carbonyl (C=O) groups excluding carboxylic acids is 1. The van der Waals surface area contributed by atoms with Crippen molar-refractivity contribution in [1.29, 1.82) is 0 Å². The highest BCUT2D eigenvalue weighted by atomic mass is 32.2. The van der Waals surface area contributed by atoms with E-state index in [0.717, 1.165) is 16.2 Å². The number of rotatable bonds is 3. The molecule has 0 saturated heterocycles. The Bertz CT molecular complexity index is 716. The molecular weight excluding hydrogens is 250 g/mol. The molecule has 1 aromatic carbocycles. The highest BCUT2D eigenvalue weighted by molar-refractivity contribution is 7.99. The number of imidazole rings is 1. The van der Waals surface area contributed by atoms with E-state index < -0.39 is 0 Å². The molecular formula is C11H11N5OS. The van der Waals surface area contributed by atoms with E-state index in [1.54, 1.807) is 7.05 Å². The lowest BCUT2D eigenvalue weighted by Gasteiger charge is -1.98. The molecule has 7 heteroatoms. The predicted molar refractivity (Wildman–Crippen MR) is 69.6 cm³/mol. The smallest absolute Gasteiger partial charge is 0.231 e. The van der Waals surface area contributed by atoms with Crippen LogP contribution in [0.25, 0.3) is 16.8 Å². The maximum absolute atomic E-state index is 11.3. The van der Waals surface area contributed by atoms with Crippen molar-refractivity contribution in [1.82, 2.24) is 24.9 Å². The van der Waals surface area contributed by atoms with Gasteiger partial charge in [-0.2, -0.15) is 0 Å². The lowest BCUT2D eigenvalue weighted by Crippen LogP contribution is -2.19. The first kappa shape index (κ1) is 11.1. The fourth-order valence-corrected chi connectivity index (χ4v) is 2.57. The van der Waals surface area contributed by atoms with Gasteiger partial charge in [0.25, 0.3) is 0 Å². The summed E-state index contributed by atoms with van der Waals surface area (Å²) in [5.41, 5.74) is 1.90. The number of benzene rings is 1. The van der Waals surface area contributed by atoms with Gasteiger partial charge in [-0.25, -0.2) is 10.1 Å². The van der Waals surface area contributed by atoms with Crippen molar-refractivity contribution in [2.24, 2.45) is 0 Å². The molecule has 1 amide bonds. The number of nitrogens with zero attached hydrogens (tertiary/aromatic N) is 3. The summed E-state index contributed by atoms with van der Waals surface area (Å²) in [6.07, 6.45) is 0. The van der Waals surface area contributed by atoms with E-state index in [1.165, 1.54) is 11.8 Å². The number of amides is 1. The Kier molecular flexibility index (Phi) is 2.67. The second-order valence-electron chi connectivity index (χ2n) is 3.73. The van der Waals surface area contributed by atoms with E-state index in [4.69, 9.17) is 0 Å². The molecule has 3 aromatic rings. The van der Waals surface area contributed by atoms with Crippen molar-refractivity contribution in [3.05, 3.63) is 24.3 Å². The molecule has 0 saturated carbocycles. The molecule has 0 unspecified atom stereocenters. The molecule has 2 aromatic heterocycles. The van der Waals surface area contributed by atoms with Crippen LogP contribution in [0.1, 0.15) is 0 Å². The zero-order valence-corrected chi connectivity index (χ0v) is 10.5. The van der Waals surface area contributed by atoms with Crippen molar-refractivity contribution < 1.29 is 4.79 Å². The summed E-state index contributed by atoms with van der Waals surface area (Å²) in [5, 5.41) is 10.4. The van der Waals surface area contributed by atoms with Crippen LogP contribution >= 0.6 is 11.8 Å². The minimum atomic E-state index is -0.0272. The monoisotopic (exact) mass is 261 g/mol. The van der Waals surface area contributed by atoms with E-state index >= 15 is 0 Å². The lowest BCUT2D eigenvalue weighted by atomic mass is 10.3. The Hall–Kier alpha value is -2.02. The van der Waals surface area contributed by atoms with E-state index in [9.17, 15) is 4.79 Å². The number of carbonyl (C=O) groups is 1. The zero-order valence-electron chi connectivity index (χ0n) is 9.67. The predicted octanol–water partition coefficient (Wildman–Crippen LogP) is 1.05. The second-order valence-corrected chi connectivity index (χ2v) is 4.67. The van der Waals surface area contributed by atoms with E-state index in [0.29, 0.717) is 11.5 Å². The normalized spacial score (nSPS) is 11.2. The minimum Gasteiger partial charge on any atom is -0.358 e. The van der Waals surface area contributed by atoms with Crippen LogP contribution in [0.4, 0.5) is 0 Å². The van der Waals surface area contributed by atoms with Crippen molar-refractivity contribution in [3.8, 4) is 0 Å². The van der Waals surface area contributed by atoms with Crippen LogP contribution < -0.4 is 5.32 Å².